The van der Waals surface area contributed by atoms with Gasteiger partial charge in [0.2, 0.25) is 0 Å². The Hall–Kier alpha value is -0.930. The van der Waals surface area contributed by atoms with Crippen molar-refractivity contribution in [1.82, 2.24) is 0 Å². The van der Waals surface area contributed by atoms with Crippen molar-refractivity contribution in [3.05, 3.63) is 34.6 Å². The fraction of sp³-hybridized carbons (Fsp3) is 0.562. The van der Waals surface area contributed by atoms with Gasteiger partial charge in [-0.05, 0) is 43.2 Å². The van der Waals surface area contributed by atoms with Crippen molar-refractivity contribution in [1.29, 1.82) is 0 Å². The van der Waals surface area contributed by atoms with E-state index in [1.54, 1.807) is 12.1 Å². The molecule has 2 N–H and O–H groups in total. The Morgan fingerprint density at radius 3 is 2.70 bits per heavy atom. The van der Waals surface area contributed by atoms with Crippen LogP contribution >= 0.6 is 11.6 Å². The molecule has 1 fully saturated rings. The van der Waals surface area contributed by atoms with Crippen molar-refractivity contribution < 1.29 is 9.18 Å². The minimum absolute atomic E-state index is 0.0491. The molecule has 0 amide bonds. The van der Waals surface area contributed by atoms with Gasteiger partial charge in [0.25, 0.3) is 0 Å². The van der Waals surface area contributed by atoms with Gasteiger partial charge >= 0.3 is 0 Å². The zero-order valence-electron chi connectivity index (χ0n) is 11.8. The predicted molar refractivity (Wildman–Crippen MR) is 79.2 cm³/mol. The summed E-state index contributed by atoms with van der Waals surface area (Å²) < 4.78 is 13.9. The molecule has 0 radical (unpaired) electrons. The minimum Gasteiger partial charge on any atom is -0.329 e. The first-order valence-corrected chi connectivity index (χ1v) is 7.52. The maximum absolute atomic E-state index is 13.9. The lowest BCUT2D eigenvalue weighted by Gasteiger charge is -2.37. The Labute approximate surface area is 124 Å². The molecule has 2 rings (SSSR count). The second kappa shape index (κ2) is 6.23. The topological polar surface area (TPSA) is 43.1 Å². The van der Waals surface area contributed by atoms with Crippen molar-refractivity contribution in [2.24, 2.45) is 17.1 Å². The molecule has 1 aromatic carbocycles. The van der Waals surface area contributed by atoms with Gasteiger partial charge in [0.15, 0.2) is 0 Å². The summed E-state index contributed by atoms with van der Waals surface area (Å²) in [6, 6.07) is 4.78. The van der Waals surface area contributed by atoms with Gasteiger partial charge in [-0.2, -0.15) is 0 Å². The van der Waals surface area contributed by atoms with E-state index in [4.69, 9.17) is 17.3 Å². The van der Waals surface area contributed by atoms with Crippen molar-refractivity contribution in [2.45, 2.75) is 39.0 Å². The van der Waals surface area contributed by atoms with Crippen LogP contribution in [0.15, 0.2) is 18.2 Å². The van der Waals surface area contributed by atoms with Crippen LogP contribution in [0.2, 0.25) is 5.02 Å². The molecular weight excluding hydrogens is 277 g/mol. The highest BCUT2D eigenvalue weighted by atomic mass is 35.5. The number of Topliss-reactive ketones (excluding diaryl/α,β-unsaturated/α-hetero) is 1. The molecule has 0 heterocycles. The number of carbonyl (C=O) groups excluding carboxylic acids is 1. The lowest BCUT2D eigenvalue weighted by molar-refractivity contribution is -0.129. The lowest BCUT2D eigenvalue weighted by Crippen LogP contribution is -2.42. The molecule has 20 heavy (non-hydrogen) atoms. The SMILES string of the molecule is CC1CCC(CN)(C(=O)Cc2cccc(Cl)c2F)CC1. The summed E-state index contributed by atoms with van der Waals surface area (Å²) in [5.41, 5.74) is 5.76. The maximum atomic E-state index is 13.9. The summed E-state index contributed by atoms with van der Waals surface area (Å²) in [5.74, 6) is 0.206. The van der Waals surface area contributed by atoms with Crippen LogP contribution in [-0.4, -0.2) is 12.3 Å². The minimum atomic E-state index is -0.487. The van der Waals surface area contributed by atoms with Crippen LogP contribution in [0, 0.1) is 17.2 Å². The van der Waals surface area contributed by atoms with Gasteiger partial charge in [-0.1, -0.05) is 30.7 Å². The van der Waals surface area contributed by atoms with E-state index in [9.17, 15) is 9.18 Å². The summed E-state index contributed by atoms with van der Waals surface area (Å²) in [6.45, 7) is 2.54. The third-order valence-electron chi connectivity index (χ3n) is 4.60. The number of benzene rings is 1. The van der Waals surface area contributed by atoms with E-state index in [1.807, 2.05) is 0 Å². The second-order valence-electron chi connectivity index (χ2n) is 5.98. The number of hydrogen-bond acceptors (Lipinski definition) is 2. The van der Waals surface area contributed by atoms with Crippen molar-refractivity contribution in [3.63, 3.8) is 0 Å². The average molecular weight is 298 g/mol. The average Bonchev–Trinajstić information content (AvgIpc) is 2.45. The van der Waals surface area contributed by atoms with Crippen molar-refractivity contribution in [3.8, 4) is 0 Å². The normalized spacial score (nSPS) is 26.5. The van der Waals surface area contributed by atoms with E-state index in [-0.39, 0.29) is 17.2 Å². The molecule has 1 saturated carbocycles. The zero-order valence-corrected chi connectivity index (χ0v) is 12.5. The summed E-state index contributed by atoms with van der Waals surface area (Å²) in [4.78, 5) is 12.6. The molecule has 4 heteroatoms. The van der Waals surface area contributed by atoms with E-state index in [0.29, 0.717) is 18.0 Å². The molecule has 0 bridgehead atoms. The lowest BCUT2D eigenvalue weighted by atomic mass is 9.67. The van der Waals surface area contributed by atoms with Crippen LogP contribution < -0.4 is 5.73 Å². The van der Waals surface area contributed by atoms with Crippen molar-refractivity contribution >= 4 is 17.4 Å². The van der Waals surface area contributed by atoms with Crippen LogP contribution in [0.1, 0.15) is 38.2 Å². The van der Waals surface area contributed by atoms with Crippen LogP contribution in [0.4, 0.5) is 4.39 Å². The molecule has 0 saturated heterocycles. The molecule has 0 aliphatic heterocycles. The van der Waals surface area contributed by atoms with Gasteiger partial charge in [0.05, 0.1) is 5.02 Å². The van der Waals surface area contributed by atoms with E-state index in [2.05, 4.69) is 6.92 Å². The highest BCUT2D eigenvalue weighted by Gasteiger charge is 2.39. The number of carbonyl (C=O) groups is 1. The molecule has 0 unspecified atom stereocenters. The first-order chi connectivity index (χ1) is 9.48. The number of nitrogens with two attached hydrogens (primary N) is 1. The van der Waals surface area contributed by atoms with Gasteiger partial charge in [0, 0.05) is 18.4 Å². The van der Waals surface area contributed by atoms with Crippen molar-refractivity contribution in [2.75, 3.05) is 6.54 Å². The molecule has 1 aliphatic carbocycles. The fourth-order valence-electron chi connectivity index (χ4n) is 2.96. The summed E-state index contributed by atoms with van der Waals surface area (Å²) in [5, 5.41) is 0.0642. The van der Waals surface area contributed by atoms with E-state index >= 15 is 0 Å². The standard InChI is InChI=1S/C16H21ClFNO/c1-11-5-7-16(10-19,8-6-11)14(20)9-12-3-2-4-13(17)15(12)18/h2-4,11H,5-10,19H2,1H3. The molecule has 1 aromatic rings. The smallest absolute Gasteiger partial charge is 0.145 e. The number of hydrogen-bond donors (Lipinski definition) is 1. The number of rotatable bonds is 4. The maximum Gasteiger partial charge on any atom is 0.145 e. The molecular formula is C16H21ClFNO. The van der Waals surface area contributed by atoms with Gasteiger partial charge in [-0.25, -0.2) is 4.39 Å². The predicted octanol–water partition coefficient (Wildman–Crippen LogP) is 3.75. The Morgan fingerprint density at radius 2 is 2.10 bits per heavy atom. The van der Waals surface area contributed by atoms with Crippen LogP contribution in [0.5, 0.6) is 0 Å². The third kappa shape index (κ3) is 3.04. The largest absolute Gasteiger partial charge is 0.329 e. The fourth-order valence-corrected chi connectivity index (χ4v) is 3.15. The molecule has 2 nitrogen and oxygen atoms in total. The summed E-state index contributed by atoms with van der Waals surface area (Å²) >= 11 is 5.76. The van der Waals surface area contributed by atoms with Gasteiger partial charge in [0.1, 0.15) is 11.6 Å². The van der Waals surface area contributed by atoms with Gasteiger partial charge in [-0.3, -0.25) is 4.79 Å². The first-order valence-electron chi connectivity index (χ1n) is 7.15. The Balaban J connectivity index is 2.16. The highest BCUT2D eigenvalue weighted by molar-refractivity contribution is 6.30. The van der Waals surface area contributed by atoms with E-state index in [1.165, 1.54) is 6.07 Å². The molecule has 1 aliphatic rings. The summed E-state index contributed by atoms with van der Waals surface area (Å²) in [6.07, 6.45) is 3.73. The molecule has 0 atom stereocenters. The van der Waals surface area contributed by atoms with Crippen LogP contribution in [0.3, 0.4) is 0 Å². The Morgan fingerprint density at radius 1 is 1.45 bits per heavy atom. The first kappa shape index (κ1) is 15.5. The monoisotopic (exact) mass is 297 g/mol. The molecule has 110 valence electrons. The molecule has 0 spiro atoms. The number of ketones is 1. The highest BCUT2D eigenvalue weighted by Crippen LogP contribution is 2.39. The van der Waals surface area contributed by atoms with Gasteiger partial charge in [-0.15, -0.1) is 0 Å². The summed E-state index contributed by atoms with van der Waals surface area (Å²) in [7, 11) is 0. The quantitative estimate of drug-likeness (QED) is 0.920. The Bertz CT molecular complexity index is 495. The number of halogens is 2. The van der Waals surface area contributed by atoms with Crippen LogP contribution in [-0.2, 0) is 11.2 Å². The van der Waals surface area contributed by atoms with E-state index in [0.717, 1.165) is 25.7 Å². The van der Waals surface area contributed by atoms with Gasteiger partial charge < -0.3 is 5.73 Å². The Kier molecular flexibility index (Phi) is 4.82. The van der Waals surface area contributed by atoms with E-state index < -0.39 is 11.2 Å². The molecule has 0 aromatic heterocycles. The second-order valence-corrected chi connectivity index (χ2v) is 6.39. The third-order valence-corrected chi connectivity index (χ3v) is 4.89. The van der Waals surface area contributed by atoms with Crippen LogP contribution in [0.25, 0.3) is 0 Å². The zero-order chi connectivity index (χ0) is 14.8.